The quantitative estimate of drug-likeness (QED) is 0.666. The zero-order chi connectivity index (χ0) is 9.97. The van der Waals surface area contributed by atoms with Crippen LogP contribution in [0.3, 0.4) is 0 Å². The number of hydrogen-bond donors (Lipinski definition) is 0. The molecule has 0 amide bonds. The smallest absolute Gasteiger partial charge is 0.183 e. The fraction of sp³-hybridized carbons (Fsp3) is 0.556. The molecule has 0 spiro atoms. The molecule has 1 aliphatic rings. The SMILES string of the molecule is Cc1ncc(F)c(N2CCOCC2)n1. The van der Waals surface area contributed by atoms with Gasteiger partial charge >= 0.3 is 0 Å². The van der Waals surface area contributed by atoms with Crippen molar-refractivity contribution >= 4 is 5.82 Å². The van der Waals surface area contributed by atoms with E-state index in [9.17, 15) is 4.39 Å². The lowest BCUT2D eigenvalue weighted by Gasteiger charge is -2.27. The molecule has 0 aliphatic carbocycles. The number of hydrogen-bond acceptors (Lipinski definition) is 4. The number of nitrogens with zero attached hydrogens (tertiary/aromatic N) is 3. The highest BCUT2D eigenvalue weighted by molar-refractivity contribution is 5.39. The number of morpholine rings is 1. The van der Waals surface area contributed by atoms with Gasteiger partial charge in [-0.05, 0) is 6.92 Å². The van der Waals surface area contributed by atoms with Crippen molar-refractivity contribution < 1.29 is 9.13 Å². The summed E-state index contributed by atoms with van der Waals surface area (Å²) in [5.41, 5.74) is 0. The van der Waals surface area contributed by atoms with Crippen LogP contribution in [0.1, 0.15) is 5.82 Å². The molecule has 0 atom stereocenters. The standard InChI is InChI=1S/C9H12FN3O/c1-7-11-6-8(10)9(12-7)13-2-4-14-5-3-13/h6H,2-5H2,1H3. The van der Waals surface area contributed by atoms with Crippen LogP contribution in [0, 0.1) is 12.7 Å². The van der Waals surface area contributed by atoms with Crippen molar-refractivity contribution in [3.05, 3.63) is 17.8 Å². The van der Waals surface area contributed by atoms with E-state index in [0.29, 0.717) is 37.9 Å². The van der Waals surface area contributed by atoms with Crippen LogP contribution in [-0.2, 0) is 4.74 Å². The number of aryl methyl sites for hydroxylation is 1. The molecule has 1 aromatic heterocycles. The number of anilines is 1. The van der Waals surface area contributed by atoms with Gasteiger partial charge in [-0.3, -0.25) is 0 Å². The minimum absolute atomic E-state index is 0.363. The van der Waals surface area contributed by atoms with E-state index in [2.05, 4.69) is 9.97 Å². The highest BCUT2D eigenvalue weighted by Crippen LogP contribution is 2.16. The van der Waals surface area contributed by atoms with Crippen LogP contribution < -0.4 is 4.90 Å². The first-order valence-electron chi connectivity index (χ1n) is 4.59. The van der Waals surface area contributed by atoms with E-state index in [1.807, 2.05) is 4.90 Å². The zero-order valence-corrected chi connectivity index (χ0v) is 8.03. The molecule has 1 aromatic rings. The van der Waals surface area contributed by atoms with Crippen LogP contribution in [0.2, 0.25) is 0 Å². The highest BCUT2D eigenvalue weighted by atomic mass is 19.1. The lowest BCUT2D eigenvalue weighted by molar-refractivity contribution is 0.122. The van der Waals surface area contributed by atoms with Gasteiger partial charge in [0.2, 0.25) is 0 Å². The van der Waals surface area contributed by atoms with Crippen LogP contribution in [0.25, 0.3) is 0 Å². The van der Waals surface area contributed by atoms with Gasteiger partial charge < -0.3 is 9.64 Å². The summed E-state index contributed by atoms with van der Waals surface area (Å²) in [6, 6.07) is 0. The first kappa shape index (κ1) is 9.33. The Labute approximate surface area is 81.7 Å². The Morgan fingerprint density at radius 3 is 2.86 bits per heavy atom. The Hall–Kier alpha value is -1.23. The van der Waals surface area contributed by atoms with E-state index in [1.54, 1.807) is 6.92 Å². The summed E-state index contributed by atoms with van der Waals surface area (Å²) in [5.74, 6) is 0.617. The van der Waals surface area contributed by atoms with Gasteiger partial charge in [0.25, 0.3) is 0 Å². The van der Waals surface area contributed by atoms with Gasteiger partial charge in [0.1, 0.15) is 5.82 Å². The Kier molecular flexibility index (Phi) is 2.58. The van der Waals surface area contributed by atoms with Gasteiger partial charge in [-0.15, -0.1) is 0 Å². The summed E-state index contributed by atoms with van der Waals surface area (Å²) < 4.78 is 18.5. The van der Waals surface area contributed by atoms with Crippen molar-refractivity contribution in [1.29, 1.82) is 0 Å². The van der Waals surface area contributed by atoms with Crippen molar-refractivity contribution in [2.45, 2.75) is 6.92 Å². The van der Waals surface area contributed by atoms with E-state index in [-0.39, 0.29) is 5.82 Å². The molecule has 4 nitrogen and oxygen atoms in total. The number of rotatable bonds is 1. The number of ether oxygens (including phenoxy) is 1. The van der Waals surface area contributed by atoms with Gasteiger partial charge in [-0.2, -0.15) is 0 Å². The van der Waals surface area contributed by atoms with Gasteiger partial charge in [0.05, 0.1) is 19.4 Å². The highest BCUT2D eigenvalue weighted by Gasteiger charge is 2.16. The molecule has 1 saturated heterocycles. The van der Waals surface area contributed by atoms with Gasteiger partial charge in [0, 0.05) is 13.1 Å². The average molecular weight is 197 g/mol. The predicted octanol–water partition coefficient (Wildman–Crippen LogP) is 0.761. The fourth-order valence-corrected chi connectivity index (χ4v) is 1.44. The molecular weight excluding hydrogens is 185 g/mol. The molecule has 0 unspecified atom stereocenters. The van der Waals surface area contributed by atoms with Crippen LogP contribution >= 0.6 is 0 Å². The molecule has 2 rings (SSSR count). The number of aromatic nitrogens is 2. The third kappa shape index (κ3) is 1.82. The average Bonchev–Trinajstić information content (AvgIpc) is 2.23. The van der Waals surface area contributed by atoms with Crippen molar-refractivity contribution in [3.8, 4) is 0 Å². The normalized spacial score (nSPS) is 17.1. The van der Waals surface area contributed by atoms with Crippen molar-refractivity contribution in [1.82, 2.24) is 9.97 Å². The molecule has 1 fully saturated rings. The van der Waals surface area contributed by atoms with Crippen molar-refractivity contribution in [3.63, 3.8) is 0 Å². The minimum Gasteiger partial charge on any atom is -0.378 e. The van der Waals surface area contributed by atoms with E-state index >= 15 is 0 Å². The molecule has 2 heterocycles. The summed E-state index contributed by atoms with van der Waals surface area (Å²) >= 11 is 0. The summed E-state index contributed by atoms with van der Waals surface area (Å²) in [5, 5.41) is 0. The third-order valence-electron chi connectivity index (χ3n) is 2.16. The molecule has 0 aromatic carbocycles. The zero-order valence-electron chi connectivity index (χ0n) is 8.03. The second-order valence-electron chi connectivity index (χ2n) is 3.19. The molecular formula is C9H12FN3O. The fourth-order valence-electron chi connectivity index (χ4n) is 1.44. The Bertz CT molecular complexity index is 326. The lowest BCUT2D eigenvalue weighted by atomic mass is 10.4. The second-order valence-corrected chi connectivity index (χ2v) is 3.19. The van der Waals surface area contributed by atoms with Crippen LogP contribution in [0.15, 0.2) is 6.20 Å². The molecule has 1 aliphatic heterocycles. The van der Waals surface area contributed by atoms with Crippen LogP contribution in [0.5, 0.6) is 0 Å². The van der Waals surface area contributed by atoms with Crippen LogP contribution in [-0.4, -0.2) is 36.3 Å². The molecule has 14 heavy (non-hydrogen) atoms. The third-order valence-corrected chi connectivity index (χ3v) is 2.16. The van der Waals surface area contributed by atoms with Crippen molar-refractivity contribution in [2.75, 3.05) is 31.2 Å². The van der Waals surface area contributed by atoms with Crippen LogP contribution in [0.4, 0.5) is 10.2 Å². The molecule has 0 N–H and O–H groups in total. The summed E-state index contributed by atoms with van der Waals surface area (Å²) in [6.45, 7) is 4.38. The lowest BCUT2D eigenvalue weighted by Crippen LogP contribution is -2.37. The Morgan fingerprint density at radius 2 is 2.14 bits per heavy atom. The largest absolute Gasteiger partial charge is 0.378 e. The Morgan fingerprint density at radius 1 is 1.43 bits per heavy atom. The molecule has 5 heteroatoms. The van der Waals surface area contributed by atoms with E-state index in [1.165, 1.54) is 6.20 Å². The molecule has 0 radical (unpaired) electrons. The van der Waals surface area contributed by atoms with Gasteiger partial charge in [-0.25, -0.2) is 14.4 Å². The van der Waals surface area contributed by atoms with E-state index < -0.39 is 0 Å². The molecule has 0 saturated carbocycles. The number of halogens is 1. The molecule has 76 valence electrons. The summed E-state index contributed by atoms with van der Waals surface area (Å²) in [4.78, 5) is 9.75. The monoisotopic (exact) mass is 197 g/mol. The molecule has 0 bridgehead atoms. The second kappa shape index (κ2) is 3.88. The summed E-state index contributed by atoms with van der Waals surface area (Å²) in [6.07, 6.45) is 1.22. The first-order valence-corrected chi connectivity index (χ1v) is 4.59. The van der Waals surface area contributed by atoms with Gasteiger partial charge in [-0.1, -0.05) is 0 Å². The van der Waals surface area contributed by atoms with E-state index in [4.69, 9.17) is 4.74 Å². The van der Waals surface area contributed by atoms with E-state index in [0.717, 1.165) is 0 Å². The van der Waals surface area contributed by atoms with Crippen molar-refractivity contribution in [2.24, 2.45) is 0 Å². The maximum absolute atomic E-state index is 13.3. The maximum atomic E-state index is 13.3. The Balaban J connectivity index is 2.24. The maximum Gasteiger partial charge on any atom is 0.183 e. The minimum atomic E-state index is -0.363. The summed E-state index contributed by atoms with van der Waals surface area (Å²) in [7, 11) is 0. The predicted molar refractivity (Wildman–Crippen MR) is 49.8 cm³/mol. The van der Waals surface area contributed by atoms with Gasteiger partial charge in [0.15, 0.2) is 11.6 Å². The first-order chi connectivity index (χ1) is 6.77. The topological polar surface area (TPSA) is 38.2 Å².